The molecule has 1 saturated heterocycles. The predicted molar refractivity (Wildman–Crippen MR) is 36.6 cm³/mol. The number of ether oxygens (including phenoxy) is 1. The molecule has 5 heteroatoms. The van der Waals surface area contributed by atoms with Crippen LogP contribution in [0.25, 0.3) is 0 Å². The number of aldehydes is 1. The van der Waals surface area contributed by atoms with E-state index < -0.39 is 5.91 Å². The summed E-state index contributed by atoms with van der Waals surface area (Å²) in [5.41, 5.74) is 2.41. The van der Waals surface area contributed by atoms with Crippen LogP contribution in [-0.2, 0) is 14.3 Å². The van der Waals surface area contributed by atoms with Crippen molar-refractivity contribution in [3.63, 3.8) is 0 Å². The van der Waals surface area contributed by atoms with Crippen molar-refractivity contribution in [2.24, 2.45) is 0 Å². The highest BCUT2D eigenvalue weighted by Crippen LogP contribution is 1.90. The number of rotatable bonds is 2. The van der Waals surface area contributed by atoms with E-state index in [0.29, 0.717) is 26.3 Å². The van der Waals surface area contributed by atoms with Crippen LogP contribution in [0.3, 0.4) is 0 Å². The molecule has 1 N–H and O–H groups in total. The van der Waals surface area contributed by atoms with E-state index >= 15 is 0 Å². The Labute approximate surface area is 64.3 Å². The molecule has 0 radical (unpaired) electrons. The lowest BCUT2D eigenvalue weighted by molar-refractivity contribution is -0.136. The lowest BCUT2D eigenvalue weighted by atomic mass is 10.5. The quantitative estimate of drug-likeness (QED) is 0.394. The lowest BCUT2D eigenvalue weighted by Crippen LogP contribution is -2.48. The maximum Gasteiger partial charge on any atom is 0.298 e. The van der Waals surface area contributed by atoms with E-state index in [4.69, 9.17) is 4.74 Å². The maximum absolute atomic E-state index is 10.5. The number of hydrazine groups is 1. The topological polar surface area (TPSA) is 58.6 Å². The molecule has 0 aromatic carbocycles. The number of nitrogens with zero attached hydrogens (tertiary/aromatic N) is 1. The molecule has 1 aliphatic rings. The van der Waals surface area contributed by atoms with Gasteiger partial charge in [-0.3, -0.25) is 15.0 Å². The molecule has 62 valence electrons. The van der Waals surface area contributed by atoms with Crippen LogP contribution >= 0.6 is 0 Å². The second-order valence-electron chi connectivity index (χ2n) is 2.19. The van der Waals surface area contributed by atoms with Gasteiger partial charge in [-0.1, -0.05) is 0 Å². The Balaban J connectivity index is 2.24. The van der Waals surface area contributed by atoms with Crippen LogP contribution in [0.15, 0.2) is 0 Å². The largest absolute Gasteiger partial charge is 0.379 e. The minimum Gasteiger partial charge on any atom is -0.379 e. The molecule has 1 aliphatic heterocycles. The fourth-order valence-corrected chi connectivity index (χ4v) is 0.857. The normalized spacial score (nSPS) is 19.3. The zero-order valence-electron chi connectivity index (χ0n) is 6.08. The number of amides is 1. The van der Waals surface area contributed by atoms with Crippen LogP contribution in [0.1, 0.15) is 0 Å². The second kappa shape index (κ2) is 4.05. The Bertz CT molecular complexity index is 154. The van der Waals surface area contributed by atoms with Crippen LogP contribution in [0.4, 0.5) is 0 Å². The Morgan fingerprint density at radius 1 is 1.45 bits per heavy atom. The molecule has 0 spiro atoms. The number of carbonyl (C=O) groups is 2. The van der Waals surface area contributed by atoms with E-state index in [9.17, 15) is 9.59 Å². The molecule has 0 aliphatic carbocycles. The molecule has 0 bridgehead atoms. The zero-order valence-corrected chi connectivity index (χ0v) is 6.08. The van der Waals surface area contributed by atoms with Gasteiger partial charge in [-0.15, -0.1) is 0 Å². The van der Waals surface area contributed by atoms with Crippen molar-refractivity contribution in [2.45, 2.75) is 0 Å². The van der Waals surface area contributed by atoms with Gasteiger partial charge in [0.2, 0.25) is 6.29 Å². The van der Waals surface area contributed by atoms with E-state index in [0.717, 1.165) is 0 Å². The average Bonchev–Trinajstić information content (AvgIpc) is 2.06. The van der Waals surface area contributed by atoms with Gasteiger partial charge < -0.3 is 4.74 Å². The van der Waals surface area contributed by atoms with E-state index in [1.54, 1.807) is 5.01 Å². The average molecular weight is 158 g/mol. The summed E-state index contributed by atoms with van der Waals surface area (Å²) in [6.07, 6.45) is 0.259. The van der Waals surface area contributed by atoms with Gasteiger partial charge in [0.25, 0.3) is 5.91 Å². The van der Waals surface area contributed by atoms with Crippen molar-refractivity contribution in [3.8, 4) is 0 Å². The molecule has 0 aromatic heterocycles. The third kappa shape index (κ3) is 2.65. The maximum atomic E-state index is 10.5. The minimum absolute atomic E-state index is 0.259. The van der Waals surface area contributed by atoms with Crippen molar-refractivity contribution in [1.29, 1.82) is 0 Å². The summed E-state index contributed by atoms with van der Waals surface area (Å²) in [7, 11) is 0. The molecule has 0 saturated carbocycles. The Kier molecular flexibility index (Phi) is 3.00. The number of hydrogen-bond donors (Lipinski definition) is 1. The number of carbonyl (C=O) groups excluding carboxylic acids is 2. The summed E-state index contributed by atoms with van der Waals surface area (Å²) in [4.78, 5) is 20.4. The molecular formula is C6H10N2O3. The van der Waals surface area contributed by atoms with Crippen LogP contribution in [0.2, 0.25) is 0 Å². The smallest absolute Gasteiger partial charge is 0.298 e. The van der Waals surface area contributed by atoms with Gasteiger partial charge in [0.1, 0.15) is 0 Å². The molecule has 5 nitrogen and oxygen atoms in total. The van der Waals surface area contributed by atoms with Crippen molar-refractivity contribution in [2.75, 3.05) is 26.3 Å². The first-order valence-electron chi connectivity index (χ1n) is 3.41. The third-order valence-corrected chi connectivity index (χ3v) is 1.39. The number of morpholine rings is 1. The van der Waals surface area contributed by atoms with Crippen molar-refractivity contribution in [3.05, 3.63) is 0 Å². The van der Waals surface area contributed by atoms with Gasteiger partial charge in [-0.05, 0) is 0 Å². The molecule has 1 heterocycles. The highest BCUT2D eigenvalue weighted by Gasteiger charge is 2.11. The van der Waals surface area contributed by atoms with Crippen molar-refractivity contribution < 1.29 is 14.3 Å². The van der Waals surface area contributed by atoms with Gasteiger partial charge in [0, 0.05) is 13.1 Å². The molecule has 0 aromatic rings. The fraction of sp³-hybridized carbons (Fsp3) is 0.667. The molecule has 1 amide bonds. The van der Waals surface area contributed by atoms with Crippen LogP contribution in [0, 0.1) is 0 Å². The fourth-order valence-electron chi connectivity index (χ4n) is 0.857. The first-order chi connectivity index (χ1) is 5.33. The first-order valence-corrected chi connectivity index (χ1v) is 3.41. The van der Waals surface area contributed by atoms with Crippen LogP contribution in [0.5, 0.6) is 0 Å². The number of nitrogens with one attached hydrogen (secondary N) is 1. The summed E-state index contributed by atoms with van der Waals surface area (Å²) >= 11 is 0. The minimum atomic E-state index is -0.605. The molecule has 0 atom stereocenters. The van der Waals surface area contributed by atoms with E-state index in [1.165, 1.54) is 0 Å². The monoisotopic (exact) mass is 158 g/mol. The standard InChI is InChI=1S/C6H10N2O3/c9-5-6(10)7-8-1-3-11-4-2-8/h5H,1-4H2,(H,7,10). The van der Waals surface area contributed by atoms with Crippen LogP contribution < -0.4 is 5.43 Å². The highest BCUT2D eigenvalue weighted by molar-refractivity contribution is 6.23. The van der Waals surface area contributed by atoms with Crippen LogP contribution in [-0.4, -0.2) is 43.5 Å². The molecule has 1 fully saturated rings. The van der Waals surface area contributed by atoms with E-state index in [2.05, 4.69) is 5.43 Å². The Morgan fingerprint density at radius 2 is 2.09 bits per heavy atom. The summed E-state index contributed by atoms with van der Waals surface area (Å²) < 4.78 is 5.03. The third-order valence-electron chi connectivity index (χ3n) is 1.39. The van der Waals surface area contributed by atoms with Crippen molar-refractivity contribution >= 4 is 12.2 Å². The SMILES string of the molecule is O=CC(=O)NN1CCOCC1. The van der Waals surface area contributed by atoms with E-state index in [1.807, 2.05) is 0 Å². The Hall–Kier alpha value is -0.940. The molecule has 0 unspecified atom stereocenters. The van der Waals surface area contributed by atoms with Gasteiger partial charge in [-0.25, -0.2) is 5.01 Å². The zero-order chi connectivity index (χ0) is 8.10. The molecule has 1 rings (SSSR count). The summed E-state index contributed by atoms with van der Waals surface area (Å²) in [5.74, 6) is -0.605. The van der Waals surface area contributed by atoms with Gasteiger partial charge in [-0.2, -0.15) is 0 Å². The second-order valence-corrected chi connectivity index (χ2v) is 2.19. The summed E-state index contributed by atoms with van der Waals surface area (Å²) in [6.45, 7) is 2.47. The lowest BCUT2D eigenvalue weighted by Gasteiger charge is -2.25. The first kappa shape index (κ1) is 8.16. The highest BCUT2D eigenvalue weighted by atomic mass is 16.5. The van der Waals surface area contributed by atoms with Gasteiger partial charge >= 0.3 is 0 Å². The molecule has 11 heavy (non-hydrogen) atoms. The van der Waals surface area contributed by atoms with Crippen molar-refractivity contribution in [1.82, 2.24) is 10.4 Å². The van der Waals surface area contributed by atoms with Gasteiger partial charge in [0.05, 0.1) is 13.2 Å². The van der Waals surface area contributed by atoms with Gasteiger partial charge in [0.15, 0.2) is 0 Å². The summed E-state index contributed by atoms with van der Waals surface area (Å²) in [6, 6.07) is 0. The number of hydrogen-bond acceptors (Lipinski definition) is 4. The molecular weight excluding hydrogens is 148 g/mol. The Morgan fingerprint density at radius 3 is 2.64 bits per heavy atom. The predicted octanol–water partition coefficient (Wildman–Crippen LogP) is -1.45. The summed E-state index contributed by atoms with van der Waals surface area (Å²) in [5, 5.41) is 1.67. The van der Waals surface area contributed by atoms with E-state index in [-0.39, 0.29) is 6.29 Å².